The number of hydrogen-bond acceptors (Lipinski definition) is 3. The number of nitrogens with one attached hydrogen (secondary N) is 1. The van der Waals surface area contributed by atoms with Gasteiger partial charge in [-0.2, -0.15) is 0 Å². The predicted molar refractivity (Wildman–Crippen MR) is 75.5 cm³/mol. The summed E-state index contributed by atoms with van der Waals surface area (Å²) < 4.78 is 0. The second-order valence-electron chi connectivity index (χ2n) is 5.72. The predicted octanol–water partition coefficient (Wildman–Crippen LogP) is 1.65. The summed E-state index contributed by atoms with van der Waals surface area (Å²) in [7, 11) is 0. The van der Waals surface area contributed by atoms with Crippen molar-refractivity contribution in [3.63, 3.8) is 0 Å². The molecule has 1 aromatic heterocycles. The molecule has 1 aliphatic carbocycles. The van der Waals surface area contributed by atoms with Crippen LogP contribution >= 0.6 is 0 Å². The summed E-state index contributed by atoms with van der Waals surface area (Å²) in [5.41, 5.74) is 6.72. The SMILES string of the molecule is CC1CCCC(N)(C(=O)NCCc2cccnc2)C1. The molecule has 0 spiro atoms. The Morgan fingerprint density at radius 3 is 3.16 bits per heavy atom. The highest BCUT2D eigenvalue weighted by Gasteiger charge is 2.37. The van der Waals surface area contributed by atoms with Crippen molar-refractivity contribution in [1.29, 1.82) is 0 Å². The lowest BCUT2D eigenvalue weighted by Crippen LogP contribution is -2.56. The molecule has 4 nitrogen and oxygen atoms in total. The van der Waals surface area contributed by atoms with E-state index >= 15 is 0 Å². The maximum atomic E-state index is 12.2. The number of pyridine rings is 1. The third kappa shape index (κ3) is 3.77. The largest absolute Gasteiger partial charge is 0.354 e. The second kappa shape index (κ2) is 6.15. The molecule has 2 unspecified atom stereocenters. The molecule has 1 aromatic rings. The highest BCUT2D eigenvalue weighted by molar-refractivity contribution is 5.86. The first-order valence-electron chi connectivity index (χ1n) is 7.06. The molecule has 1 heterocycles. The van der Waals surface area contributed by atoms with E-state index in [4.69, 9.17) is 5.73 Å². The molecule has 1 saturated carbocycles. The molecule has 2 atom stereocenters. The number of hydrogen-bond donors (Lipinski definition) is 2. The van der Waals surface area contributed by atoms with Crippen LogP contribution < -0.4 is 11.1 Å². The van der Waals surface area contributed by atoms with Crippen LogP contribution in [0.4, 0.5) is 0 Å². The Balaban J connectivity index is 1.81. The van der Waals surface area contributed by atoms with E-state index in [0.29, 0.717) is 12.5 Å². The number of rotatable bonds is 4. The molecule has 0 radical (unpaired) electrons. The smallest absolute Gasteiger partial charge is 0.240 e. The molecule has 0 bridgehead atoms. The molecule has 2 rings (SSSR count). The van der Waals surface area contributed by atoms with Crippen LogP contribution in [0, 0.1) is 5.92 Å². The Bertz CT molecular complexity index is 421. The number of carbonyl (C=O) groups excluding carboxylic acids is 1. The highest BCUT2D eigenvalue weighted by Crippen LogP contribution is 2.30. The molecule has 0 aliphatic heterocycles. The zero-order valence-corrected chi connectivity index (χ0v) is 11.6. The van der Waals surface area contributed by atoms with Crippen molar-refractivity contribution in [3.05, 3.63) is 30.1 Å². The first-order valence-corrected chi connectivity index (χ1v) is 7.06. The first-order chi connectivity index (χ1) is 9.10. The lowest BCUT2D eigenvalue weighted by molar-refractivity contribution is -0.128. The minimum absolute atomic E-state index is 0.00272. The summed E-state index contributed by atoms with van der Waals surface area (Å²) in [6.45, 7) is 2.79. The lowest BCUT2D eigenvalue weighted by atomic mass is 9.76. The summed E-state index contributed by atoms with van der Waals surface area (Å²) in [5.74, 6) is 0.547. The van der Waals surface area contributed by atoms with Gasteiger partial charge in [0.25, 0.3) is 0 Å². The summed E-state index contributed by atoms with van der Waals surface area (Å²) in [5, 5.41) is 2.97. The van der Waals surface area contributed by atoms with Crippen LogP contribution in [0.2, 0.25) is 0 Å². The Labute approximate surface area is 114 Å². The quantitative estimate of drug-likeness (QED) is 0.866. The zero-order chi connectivity index (χ0) is 13.7. The Morgan fingerprint density at radius 2 is 2.47 bits per heavy atom. The Kier molecular flexibility index (Phi) is 4.53. The molecular weight excluding hydrogens is 238 g/mol. The van der Waals surface area contributed by atoms with Crippen LogP contribution in [0.25, 0.3) is 0 Å². The van der Waals surface area contributed by atoms with Crippen LogP contribution in [-0.2, 0) is 11.2 Å². The van der Waals surface area contributed by atoms with Gasteiger partial charge in [-0.3, -0.25) is 9.78 Å². The summed E-state index contributed by atoms with van der Waals surface area (Å²) >= 11 is 0. The maximum Gasteiger partial charge on any atom is 0.240 e. The second-order valence-corrected chi connectivity index (χ2v) is 5.72. The summed E-state index contributed by atoms with van der Waals surface area (Å²) in [4.78, 5) is 16.3. The molecule has 104 valence electrons. The van der Waals surface area contributed by atoms with E-state index in [2.05, 4.69) is 17.2 Å². The van der Waals surface area contributed by atoms with Crippen molar-refractivity contribution in [2.24, 2.45) is 11.7 Å². The van der Waals surface area contributed by atoms with Gasteiger partial charge in [0, 0.05) is 18.9 Å². The van der Waals surface area contributed by atoms with Gasteiger partial charge in [0.2, 0.25) is 5.91 Å². The fourth-order valence-electron chi connectivity index (χ4n) is 2.84. The Morgan fingerprint density at radius 1 is 1.63 bits per heavy atom. The van der Waals surface area contributed by atoms with E-state index in [1.165, 1.54) is 6.42 Å². The average molecular weight is 261 g/mol. The molecule has 1 fully saturated rings. The number of nitrogens with zero attached hydrogens (tertiary/aromatic N) is 1. The minimum Gasteiger partial charge on any atom is -0.354 e. The number of aromatic nitrogens is 1. The van der Waals surface area contributed by atoms with Crippen molar-refractivity contribution in [2.75, 3.05) is 6.54 Å². The first kappa shape index (κ1) is 14.0. The molecular formula is C15H23N3O. The van der Waals surface area contributed by atoms with Gasteiger partial charge in [0.05, 0.1) is 5.54 Å². The van der Waals surface area contributed by atoms with Gasteiger partial charge in [0.15, 0.2) is 0 Å². The molecule has 1 aliphatic rings. The number of carbonyl (C=O) groups is 1. The molecule has 3 N–H and O–H groups in total. The minimum atomic E-state index is -0.660. The van der Waals surface area contributed by atoms with Crippen LogP contribution in [0.3, 0.4) is 0 Å². The van der Waals surface area contributed by atoms with E-state index in [1.54, 1.807) is 6.20 Å². The standard InChI is InChI=1S/C15H23N3O/c1-12-4-2-7-15(16,10-12)14(19)18-9-6-13-5-3-8-17-11-13/h3,5,8,11-12H,2,4,6-7,9-10,16H2,1H3,(H,18,19). The summed E-state index contributed by atoms with van der Waals surface area (Å²) in [6.07, 6.45) is 8.20. The van der Waals surface area contributed by atoms with Gasteiger partial charge < -0.3 is 11.1 Å². The normalized spacial score (nSPS) is 26.9. The van der Waals surface area contributed by atoms with Crippen LogP contribution in [0.1, 0.15) is 38.2 Å². The van der Waals surface area contributed by atoms with Crippen molar-refractivity contribution in [3.8, 4) is 0 Å². The maximum absolute atomic E-state index is 12.2. The topological polar surface area (TPSA) is 68.0 Å². The van der Waals surface area contributed by atoms with Gasteiger partial charge >= 0.3 is 0 Å². The van der Waals surface area contributed by atoms with Gasteiger partial charge in [-0.1, -0.05) is 25.8 Å². The molecule has 19 heavy (non-hydrogen) atoms. The molecule has 0 saturated heterocycles. The van der Waals surface area contributed by atoms with Crippen molar-refractivity contribution < 1.29 is 4.79 Å². The number of nitrogens with two attached hydrogens (primary N) is 1. The van der Waals surface area contributed by atoms with E-state index in [1.807, 2.05) is 18.3 Å². The van der Waals surface area contributed by atoms with E-state index in [9.17, 15) is 4.79 Å². The van der Waals surface area contributed by atoms with E-state index in [0.717, 1.165) is 31.2 Å². The molecule has 1 amide bonds. The highest BCUT2D eigenvalue weighted by atomic mass is 16.2. The van der Waals surface area contributed by atoms with E-state index in [-0.39, 0.29) is 5.91 Å². The van der Waals surface area contributed by atoms with Crippen molar-refractivity contribution >= 4 is 5.91 Å². The third-order valence-electron chi connectivity index (χ3n) is 3.91. The summed E-state index contributed by atoms with van der Waals surface area (Å²) in [6, 6.07) is 3.92. The third-order valence-corrected chi connectivity index (χ3v) is 3.91. The molecule has 0 aromatic carbocycles. The van der Waals surface area contributed by atoms with E-state index < -0.39 is 5.54 Å². The van der Waals surface area contributed by atoms with Gasteiger partial charge in [-0.05, 0) is 36.8 Å². The van der Waals surface area contributed by atoms with Gasteiger partial charge in [0.1, 0.15) is 0 Å². The number of amides is 1. The lowest BCUT2D eigenvalue weighted by Gasteiger charge is -2.35. The molecule has 4 heteroatoms. The van der Waals surface area contributed by atoms with Gasteiger partial charge in [-0.15, -0.1) is 0 Å². The zero-order valence-electron chi connectivity index (χ0n) is 11.6. The van der Waals surface area contributed by atoms with Gasteiger partial charge in [-0.25, -0.2) is 0 Å². The van der Waals surface area contributed by atoms with Crippen LogP contribution in [-0.4, -0.2) is 23.0 Å². The van der Waals surface area contributed by atoms with Crippen molar-refractivity contribution in [2.45, 2.75) is 44.6 Å². The van der Waals surface area contributed by atoms with Crippen molar-refractivity contribution in [1.82, 2.24) is 10.3 Å². The van der Waals surface area contributed by atoms with Crippen LogP contribution in [0.15, 0.2) is 24.5 Å². The average Bonchev–Trinajstić information content (AvgIpc) is 2.39. The van der Waals surface area contributed by atoms with Crippen LogP contribution in [0.5, 0.6) is 0 Å². The monoisotopic (exact) mass is 261 g/mol. The fourth-order valence-corrected chi connectivity index (χ4v) is 2.84. The Hall–Kier alpha value is -1.42. The fraction of sp³-hybridized carbons (Fsp3) is 0.600.